The highest BCUT2D eigenvalue weighted by molar-refractivity contribution is 7.72. The quantitative estimate of drug-likeness (QED) is 0.355. The average Bonchev–Trinajstić information content (AvgIpc) is 3.21. The summed E-state index contributed by atoms with van der Waals surface area (Å²) in [5.41, 5.74) is 9.44. The predicted molar refractivity (Wildman–Crippen MR) is 120 cm³/mol. The Morgan fingerprint density at radius 2 is 1.94 bits per heavy atom. The fourth-order valence-electron chi connectivity index (χ4n) is 4.12. The maximum Gasteiger partial charge on any atom is 0.407 e. The van der Waals surface area contributed by atoms with Crippen LogP contribution in [0.1, 0.15) is 34.8 Å². The fourth-order valence-corrected chi connectivity index (χ4v) is 4.43. The number of benzene rings is 2. The molecule has 2 aromatic carbocycles. The van der Waals surface area contributed by atoms with Crippen molar-refractivity contribution in [2.24, 2.45) is 5.73 Å². The van der Waals surface area contributed by atoms with E-state index in [4.69, 9.17) is 5.73 Å². The molecule has 4 rings (SSSR count). The van der Waals surface area contributed by atoms with E-state index >= 15 is 0 Å². The number of primary amides is 1. The molecule has 0 radical (unpaired) electrons. The average molecular weight is 458 g/mol. The molecule has 0 spiro atoms. The molecule has 3 aromatic rings. The minimum Gasteiger partial charge on any atom is -0.465 e. The number of aromatic amines is 1. The summed E-state index contributed by atoms with van der Waals surface area (Å²) in [5.74, 6) is -0.715. The number of likely N-dealkylation sites (tertiary alicyclic amines) is 1. The third kappa shape index (κ3) is 4.37. The predicted octanol–water partition coefficient (Wildman–Crippen LogP) is 2.17. The molecule has 0 bridgehead atoms. The third-order valence-corrected chi connectivity index (χ3v) is 6.14. The minimum absolute atomic E-state index is 0.0525. The molecule has 5 N–H and O–H groups in total. The first-order valence-electron chi connectivity index (χ1n) is 10.1. The number of hydrogen-bond acceptors (Lipinski definition) is 6. The standard InChI is InChI=1S/C21H23N5O5S/c22-20(27)17-10-14(13-2-1-3-15(8-13)23-11-32(30)31)9-16-18(24-25-19(16)17)12-4-6-26(7-5-12)21(28)29/h1-3,8-10,12,23,32H,4-7,11H2,(H2,22,27)(H,24,25)(H,28,29). The van der Waals surface area contributed by atoms with Crippen LogP contribution in [0, 0.1) is 0 Å². The van der Waals surface area contributed by atoms with Crippen LogP contribution in [0.4, 0.5) is 10.5 Å². The Hall–Kier alpha value is -3.60. The summed E-state index contributed by atoms with van der Waals surface area (Å²) in [7, 11) is -2.56. The molecule has 1 fully saturated rings. The number of fused-ring (bicyclic) bond motifs is 1. The van der Waals surface area contributed by atoms with Crippen LogP contribution >= 0.6 is 0 Å². The number of carbonyl (C=O) groups is 2. The number of nitrogens with zero attached hydrogens (tertiary/aromatic N) is 2. The van der Waals surface area contributed by atoms with Gasteiger partial charge >= 0.3 is 6.09 Å². The van der Waals surface area contributed by atoms with Crippen LogP contribution in [0.2, 0.25) is 0 Å². The van der Waals surface area contributed by atoms with Crippen molar-refractivity contribution < 1.29 is 23.1 Å². The zero-order valence-electron chi connectivity index (χ0n) is 17.1. The smallest absolute Gasteiger partial charge is 0.407 e. The van der Waals surface area contributed by atoms with Crippen LogP contribution in [0.3, 0.4) is 0 Å². The number of anilines is 1. The van der Waals surface area contributed by atoms with E-state index in [1.165, 1.54) is 4.90 Å². The molecule has 1 aromatic heterocycles. The van der Waals surface area contributed by atoms with Crippen LogP contribution in [-0.4, -0.2) is 59.6 Å². The lowest BCUT2D eigenvalue weighted by atomic mass is 9.90. The molecular weight excluding hydrogens is 434 g/mol. The van der Waals surface area contributed by atoms with Crippen molar-refractivity contribution in [3.05, 3.63) is 47.7 Å². The van der Waals surface area contributed by atoms with Gasteiger partial charge in [-0.15, -0.1) is 0 Å². The number of carbonyl (C=O) groups excluding carboxylic acids is 1. The Balaban J connectivity index is 1.74. The number of hydrogen-bond donors (Lipinski definition) is 5. The van der Waals surface area contributed by atoms with Gasteiger partial charge in [0, 0.05) is 30.1 Å². The Morgan fingerprint density at radius 1 is 1.19 bits per heavy atom. The number of amides is 2. The van der Waals surface area contributed by atoms with Gasteiger partial charge < -0.3 is 21.1 Å². The SMILES string of the molecule is NC(=O)c1cc(-c2cccc(NC[SH](=O)=O)c2)cc2c(C3CCN(C(=O)O)CC3)n[nH]c12. The second kappa shape index (κ2) is 8.87. The number of rotatable bonds is 6. The first kappa shape index (κ1) is 21.6. The summed E-state index contributed by atoms with van der Waals surface area (Å²) in [6, 6.07) is 10.8. The molecule has 1 aliphatic heterocycles. The summed E-state index contributed by atoms with van der Waals surface area (Å²) in [6.07, 6.45) is 0.341. The van der Waals surface area contributed by atoms with E-state index in [2.05, 4.69) is 15.5 Å². The lowest BCUT2D eigenvalue weighted by Crippen LogP contribution is -2.36. The monoisotopic (exact) mass is 457 g/mol. The molecular formula is C21H23N5O5S. The van der Waals surface area contributed by atoms with Gasteiger partial charge in [-0.05, 0) is 48.2 Å². The molecule has 10 nitrogen and oxygen atoms in total. The number of nitrogens with one attached hydrogen (secondary N) is 2. The van der Waals surface area contributed by atoms with Crippen LogP contribution in [0.25, 0.3) is 22.0 Å². The van der Waals surface area contributed by atoms with Crippen molar-refractivity contribution in [3.63, 3.8) is 0 Å². The second-order valence-electron chi connectivity index (χ2n) is 7.71. The lowest BCUT2D eigenvalue weighted by molar-refractivity contribution is 0.100. The highest BCUT2D eigenvalue weighted by Gasteiger charge is 2.27. The summed E-state index contributed by atoms with van der Waals surface area (Å²) >= 11 is 0. The van der Waals surface area contributed by atoms with Gasteiger partial charge in [0.2, 0.25) is 0 Å². The second-order valence-corrected chi connectivity index (χ2v) is 8.69. The van der Waals surface area contributed by atoms with Gasteiger partial charge in [-0.3, -0.25) is 9.89 Å². The van der Waals surface area contributed by atoms with E-state index in [1.54, 1.807) is 24.3 Å². The van der Waals surface area contributed by atoms with Crippen molar-refractivity contribution >= 4 is 39.3 Å². The Labute approximate surface area is 185 Å². The molecule has 2 amide bonds. The summed E-state index contributed by atoms with van der Waals surface area (Å²) in [6.45, 7) is 0.846. The number of carboxylic acid groups (broad SMARTS) is 1. The number of H-pyrrole nitrogens is 1. The molecule has 0 unspecified atom stereocenters. The summed E-state index contributed by atoms with van der Waals surface area (Å²) in [4.78, 5) is 24.8. The number of thiol groups is 1. The van der Waals surface area contributed by atoms with Crippen molar-refractivity contribution in [1.29, 1.82) is 0 Å². The van der Waals surface area contributed by atoms with Gasteiger partial charge in [-0.2, -0.15) is 5.10 Å². The maximum atomic E-state index is 12.2. The Morgan fingerprint density at radius 3 is 2.59 bits per heavy atom. The van der Waals surface area contributed by atoms with E-state index < -0.39 is 22.7 Å². The van der Waals surface area contributed by atoms with Crippen LogP contribution in [0.15, 0.2) is 36.4 Å². The Kier molecular flexibility index (Phi) is 5.99. The molecule has 0 saturated carbocycles. The molecule has 168 valence electrons. The van der Waals surface area contributed by atoms with Crippen molar-refractivity contribution in [2.45, 2.75) is 18.8 Å². The normalized spacial score (nSPS) is 14.7. The van der Waals surface area contributed by atoms with Gasteiger partial charge in [0.05, 0.1) is 16.8 Å². The highest BCUT2D eigenvalue weighted by atomic mass is 32.2. The minimum atomic E-state index is -2.56. The van der Waals surface area contributed by atoms with E-state index in [0.717, 1.165) is 22.2 Å². The van der Waals surface area contributed by atoms with Crippen LogP contribution < -0.4 is 11.1 Å². The fraction of sp³-hybridized carbons (Fsp3) is 0.286. The van der Waals surface area contributed by atoms with Crippen molar-refractivity contribution in [2.75, 3.05) is 24.3 Å². The van der Waals surface area contributed by atoms with Gasteiger partial charge in [-0.1, -0.05) is 12.1 Å². The molecule has 0 aliphatic carbocycles. The number of piperidine rings is 1. The first-order chi connectivity index (χ1) is 15.3. The van der Waals surface area contributed by atoms with Gasteiger partial charge in [0.25, 0.3) is 5.91 Å². The molecule has 32 heavy (non-hydrogen) atoms. The number of aromatic nitrogens is 2. The van der Waals surface area contributed by atoms with Crippen LogP contribution in [-0.2, 0) is 10.7 Å². The zero-order valence-corrected chi connectivity index (χ0v) is 18.0. The summed E-state index contributed by atoms with van der Waals surface area (Å²) in [5, 5.41) is 20.2. The molecule has 0 atom stereocenters. The lowest BCUT2D eigenvalue weighted by Gasteiger charge is -2.29. The number of nitrogens with two attached hydrogens (primary N) is 1. The van der Waals surface area contributed by atoms with E-state index in [1.807, 2.05) is 12.1 Å². The van der Waals surface area contributed by atoms with Crippen LogP contribution in [0.5, 0.6) is 0 Å². The summed E-state index contributed by atoms with van der Waals surface area (Å²) < 4.78 is 21.8. The van der Waals surface area contributed by atoms with Crippen molar-refractivity contribution in [1.82, 2.24) is 15.1 Å². The topological polar surface area (TPSA) is 158 Å². The van der Waals surface area contributed by atoms with E-state index in [-0.39, 0.29) is 11.8 Å². The third-order valence-electron chi connectivity index (χ3n) is 5.73. The van der Waals surface area contributed by atoms with Crippen molar-refractivity contribution in [3.8, 4) is 11.1 Å². The largest absolute Gasteiger partial charge is 0.465 e. The van der Waals surface area contributed by atoms with E-state index in [0.29, 0.717) is 42.7 Å². The molecule has 11 heteroatoms. The van der Waals surface area contributed by atoms with Gasteiger partial charge in [-0.25, -0.2) is 13.2 Å². The molecule has 1 aliphatic rings. The van der Waals surface area contributed by atoms with Gasteiger partial charge in [0.15, 0.2) is 10.7 Å². The zero-order chi connectivity index (χ0) is 22.8. The first-order valence-corrected chi connectivity index (χ1v) is 11.5. The highest BCUT2D eigenvalue weighted by Crippen LogP contribution is 2.35. The van der Waals surface area contributed by atoms with Gasteiger partial charge in [0.1, 0.15) is 5.88 Å². The molecule has 2 heterocycles. The maximum absolute atomic E-state index is 12.2. The Bertz CT molecular complexity index is 1250. The molecule has 1 saturated heterocycles. The van der Waals surface area contributed by atoms with E-state index in [9.17, 15) is 23.1 Å².